The van der Waals surface area contributed by atoms with Gasteiger partial charge in [0.15, 0.2) is 12.6 Å². The van der Waals surface area contributed by atoms with Crippen molar-refractivity contribution in [1.82, 2.24) is 9.97 Å². The number of pyridine rings is 2. The van der Waals surface area contributed by atoms with Crippen molar-refractivity contribution in [3.8, 4) is 39.9 Å². The normalized spacial score (nSPS) is 14.3. The van der Waals surface area contributed by atoms with Crippen LogP contribution in [0.5, 0.6) is 17.5 Å². The van der Waals surface area contributed by atoms with Gasteiger partial charge in [-0.1, -0.05) is 35.9 Å². The van der Waals surface area contributed by atoms with E-state index in [-0.39, 0.29) is 17.7 Å². The van der Waals surface area contributed by atoms with E-state index in [1.54, 1.807) is 42.6 Å². The highest BCUT2D eigenvalue weighted by Gasteiger charge is 2.38. The van der Waals surface area contributed by atoms with E-state index in [4.69, 9.17) is 25.8 Å². The van der Waals surface area contributed by atoms with Gasteiger partial charge in [-0.15, -0.1) is 0 Å². The van der Waals surface area contributed by atoms with Gasteiger partial charge in [-0.2, -0.15) is 18.2 Å². The van der Waals surface area contributed by atoms with Gasteiger partial charge >= 0.3 is 6.18 Å². The predicted molar refractivity (Wildman–Crippen MR) is 145 cm³/mol. The third kappa shape index (κ3) is 5.22. The number of hydrogen-bond acceptors (Lipinski definition) is 7. The first-order valence-electron chi connectivity index (χ1n) is 12.4. The first-order valence-corrected chi connectivity index (χ1v) is 12.8. The molecule has 0 aliphatic heterocycles. The zero-order valence-electron chi connectivity index (χ0n) is 21.8. The summed E-state index contributed by atoms with van der Waals surface area (Å²) in [7, 11) is 2.67. The molecule has 11 heteroatoms. The fourth-order valence-electron chi connectivity index (χ4n) is 4.97. The van der Waals surface area contributed by atoms with E-state index in [1.165, 1.54) is 14.2 Å². The topological polar surface area (TPSA) is 87.6 Å². The molecule has 0 amide bonds. The van der Waals surface area contributed by atoms with Crippen LogP contribution < -0.4 is 14.2 Å². The van der Waals surface area contributed by atoms with Gasteiger partial charge in [0.25, 0.3) is 0 Å². The van der Waals surface area contributed by atoms with Gasteiger partial charge in [0.2, 0.25) is 11.8 Å². The van der Waals surface area contributed by atoms with E-state index >= 15 is 0 Å². The number of methoxy groups -OCH3 is 2. The number of rotatable bonds is 8. The lowest BCUT2D eigenvalue weighted by Crippen LogP contribution is -2.14. The molecule has 0 saturated heterocycles. The number of fused-ring (bicyclic) bond motifs is 1. The highest BCUT2D eigenvalue weighted by atomic mass is 35.5. The second kappa shape index (κ2) is 11.2. The molecule has 0 saturated carbocycles. The van der Waals surface area contributed by atoms with Crippen LogP contribution in [-0.4, -0.2) is 36.8 Å². The Hall–Kier alpha value is -4.44. The highest BCUT2D eigenvalue weighted by Crippen LogP contribution is 2.45. The van der Waals surface area contributed by atoms with Crippen molar-refractivity contribution in [2.75, 3.05) is 14.2 Å². The summed E-state index contributed by atoms with van der Waals surface area (Å²) in [4.78, 5) is 30.9. The lowest BCUT2D eigenvalue weighted by atomic mass is 9.95. The first kappa shape index (κ1) is 28.1. The van der Waals surface area contributed by atoms with Crippen LogP contribution in [0.3, 0.4) is 0 Å². The molecule has 1 aliphatic carbocycles. The van der Waals surface area contributed by atoms with E-state index in [0.717, 1.165) is 11.1 Å². The monoisotopic (exact) mass is 582 g/mol. The van der Waals surface area contributed by atoms with Crippen LogP contribution in [0.25, 0.3) is 22.4 Å². The van der Waals surface area contributed by atoms with Gasteiger partial charge in [-0.25, -0.2) is 0 Å². The van der Waals surface area contributed by atoms with Gasteiger partial charge in [-0.05, 0) is 53.8 Å². The van der Waals surface area contributed by atoms with Crippen LogP contribution >= 0.6 is 11.6 Å². The van der Waals surface area contributed by atoms with Crippen molar-refractivity contribution in [3.05, 3.63) is 87.6 Å². The van der Waals surface area contributed by atoms with Gasteiger partial charge in [0.05, 0.1) is 36.1 Å². The summed E-state index contributed by atoms with van der Waals surface area (Å²) >= 11 is 6.87. The summed E-state index contributed by atoms with van der Waals surface area (Å²) in [6.07, 6.45) is -2.07. The molecule has 2 heterocycles. The Balaban J connectivity index is 1.54. The molecule has 0 N–H and O–H groups in total. The molecule has 41 heavy (non-hydrogen) atoms. The molecule has 0 fully saturated rings. The number of ether oxygens (including phenoxy) is 3. The van der Waals surface area contributed by atoms with Gasteiger partial charge in [-0.3, -0.25) is 14.6 Å². The zero-order chi connectivity index (χ0) is 29.3. The van der Waals surface area contributed by atoms with Crippen molar-refractivity contribution in [1.29, 1.82) is 0 Å². The average Bonchev–Trinajstić information content (AvgIpc) is 3.39. The molecule has 0 spiro atoms. The van der Waals surface area contributed by atoms with Crippen molar-refractivity contribution in [3.63, 3.8) is 0 Å². The Morgan fingerprint density at radius 3 is 2.41 bits per heavy atom. The zero-order valence-corrected chi connectivity index (χ0v) is 22.5. The number of nitrogens with zero attached hydrogens (tertiary/aromatic N) is 2. The molecule has 1 atom stereocenters. The molecule has 5 rings (SSSR count). The molecule has 4 aromatic rings. The molecule has 2 aromatic heterocycles. The Bertz CT molecular complexity index is 1660. The third-order valence-corrected chi connectivity index (χ3v) is 7.27. The Morgan fingerprint density at radius 1 is 0.951 bits per heavy atom. The second-order valence-electron chi connectivity index (χ2n) is 9.17. The predicted octanol–water partition coefficient (Wildman–Crippen LogP) is 7.19. The van der Waals surface area contributed by atoms with Crippen LogP contribution in [0.4, 0.5) is 13.2 Å². The first-order chi connectivity index (χ1) is 19.7. The van der Waals surface area contributed by atoms with Crippen LogP contribution in [0.15, 0.2) is 54.7 Å². The number of carbonyl (C=O) groups excluding carboxylic acids is 2. The largest absolute Gasteiger partial charge is 0.496 e. The minimum atomic E-state index is -4.80. The maximum Gasteiger partial charge on any atom is 0.421 e. The average molecular weight is 583 g/mol. The van der Waals surface area contributed by atoms with E-state index in [0.29, 0.717) is 63.9 Å². The molecule has 0 unspecified atom stereocenters. The third-order valence-electron chi connectivity index (χ3n) is 6.89. The van der Waals surface area contributed by atoms with Crippen molar-refractivity contribution in [2.45, 2.75) is 25.1 Å². The molecule has 0 radical (unpaired) electrons. The number of aromatic nitrogens is 2. The standard InChI is InChI=1S/C30H22ClF3N2O5/c1-39-25-13-16(6-7-17(25)14-37)27-26(31)22(10-11-35-27)19-4-3-5-21-20(19)8-9-24(21)41-29-23(30(32,33)34)12-18(15-38)28(36-29)40-2/h3-7,10-15,24H,8-9H2,1-2H3/t24-/m0/s1. The number of halogens is 4. The Labute approximate surface area is 237 Å². The minimum absolute atomic E-state index is 0.251. The van der Waals surface area contributed by atoms with Crippen LogP contribution in [0, 0.1) is 0 Å². The maximum absolute atomic E-state index is 13.8. The summed E-state index contributed by atoms with van der Waals surface area (Å²) in [5.74, 6) is -0.546. The fourth-order valence-corrected chi connectivity index (χ4v) is 5.29. The summed E-state index contributed by atoms with van der Waals surface area (Å²) in [5.41, 5.74) is 3.05. The van der Waals surface area contributed by atoms with Crippen molar-refractivity contribution >= 4 is 24.2 Å². The van der Waals surface area contributed by atoms with Crippen LogP contribution in [0.2, 0.25) is 5.02 Å². The maximum atomic E-state index is 13.8. The van der Waals surface area contributed by atoms with Crippen LogP contribution in [0.1, 0.15) is 49.9 Å². The molecule has 0 bridgehead atoms. The van der Waals surface area contributed by atoms with E-state index in [1.807, 2.05) is 6.07 Å². The number of aldehydes is 2. The fraction of sp³-hybridized carbons (Fsp3) is 0.200. The quantitative estimate of drug-likeness (QED) is 0.203. The van der Waals surface area contributed by atoms with Gasteiger partial charge < -0.3 is 14.2 Å². The molecular formula is C30H22ClF3N2O5. The molecule has 1 aliphatic rings. The molecule has 2 aromatic carbocycles. The van der Waals surface area contributed by atoms with E-state index < -0.39 is 23.7 Å². The Kier molecular flexibility index (Phi) is 7.68. The lowest BCUT2D eigenvalue weighted by molar-refractivity contribution is -0.139. The van der Waals surface area contributed by atoms with E-state index in [2.05, 4.69) is 9.97 Å². The number of carbonyl (C=O) groups is 2. The van der Waals surface area contributed by atoms with Crippen molar-refractivity contribution in [2.24, 2.45) is 0 Å². The number of hydrogen-bond donors (Lipinski definition) is 0. The summed E-state index contributed by atoms with van der Waals surface area (Å²) < 4.78 is 57.7. The molecule has 7 nitrogen and oxygen atoms in total. The van der Waals surface area contributed by atoms with E-state index in [9.17, 15) is 22.8 Å². The van der Waals surface area contributed by atoms with Gasteiger partial charge in [0.1, 0.15) is 17.4 Å². The molecular weight excluding hydrogens is 561 g/mol. The highest BCUT2D eigenvalue weighted by molar-refractivity contribution is 6.35. The molecule has 210 valence electrons. The number of alkyl halides is 3. The minimum Gasteiger partial charge on any atom is -0.496 e. The Morgan fingerprint density at radius 2 is 1.73 bits per heavy atom. The summed E-state index contributed by atoms with van der Waals surface area (Å²) in [5, 5.41) is 0.362. The van der Waals surface area contributed by atoms with Crippen LogP contribution in [-0.2, 0) is 12.6 Å². The summed E-state index contributed by atoms with van der Waals surface area (Å²) in [6, 6.07) is 12.9. The second-order valence-corrected chi connectivity index (χ2v) is 9.55. The summed E-state index contributed by atoms with van der Waals surface area (Å²) in [6.45, 7) is 0. The smallest absolute Gasteiger partial charge is 0.421 e. The van der Waals surface area contributed by atoms with Crippen molar-refractivity contribution < 1.29 is 37.0 Å². The lowest BCUT2D eigenvalue weighted by Gasteiger charge is -2.20. The van der Waals surface area contributed by atoms with Gasteiger partial charge in [0, 0.05) is 17.3 Å². The number of benzene rings is 2. The SMILES string of the molecule is COc1cc(-c2nccc(-c3cccc4c3CC[C@@H]4Oc3nc(OC)c(C=O)cc3C(F)(F)F)c2Cl)ccc1C=O.